The maximum absolute atomic E-state index is 13.0. The molecule has 0 radical (unpaired) electrons. The molecule has 0 aliphatic carbocycles. The molecule has 0 bridgehead atoms. The van der Waals surface area contributed by atoms with Gasteiger partial charge in [-0.25, -0.2) is 0 Å². The Morgan fingerprint density at radius 1 is 1.03 bits per heavy atom. The number of unbranched alkanes of at least 4 members (excludes halogenated alkanes) is 3. The largest absolute Gasteiger partial charge is 0.496 e. The first kappa shape index (κ1) is 29.9. The summed E-state index contributed by atoms with van der Waals surface area (Å²) >= 11 is 0. The Kier molecular flexibility index (Phi) is 14.3. The van der Waals surface area contributed by atoms with Gasteiger partial charge in [0.15, 0.2) is 0 Å². The molecular weight excluding hydrogens is 450 g/mol. The summed E-state index contributed by atoms with van der Waals surface area (Å²) in [5.41, 5.74) is 1.02. The molecule has 0 saturated carbocycles. The van der Waals surface area contributed by atoms with Crippen molar-refractivity contribution in [3.8, 4) is 5.75 Å². The Morgan fingerprint density at radius 3 is 2.42 bits per heavy atom. The van der Waals surface area contributed by atoms with Crippen LogP contribution in [0.5, 0.6) is 5.75 Å². The topological polar surface area (TPSA) is 53.1 Å². The van der Waals surface area contributed by atoms with Gasteiger partial charge in [0.1, 0.15) is 5.75 Å². The number of piperazine rings is 1. The highest BCUT2D eigenvalue weighted by Crippen LogP contribution is 2.19. The van der Waals surface area contributed by atoms with Gasteiger partial charge in [0.05, 0.1) is 7.11 Å². The fourth-order valence-electron chi connectivity index (χ4n) is 4.78. The molecule has 202 valence electrons. The predicted molar refractivity (Wildman–Crippen MR) is 149 cm³/mol. The summed E-state index contributed by atoms with van der Waals surface area (Å²) in [5, 5.41) is 0. The van der Waals surface area contributed by atoms with Crippen LogP contribution < -0.4 is 4.74 Å². The van der Waals surface area contributed by atoms with E-state index in [1.54, 1.807) is 7.11 Å². The standard InChI is InChI=1S/C30H49N3O3/c1-5-8-10-18-29(34)32(19-13-16-27-15-11-12-17-28(27)36-4)23-20-31-21-24-33(25-22-31)30(35)26(7-3)14-9-6-2/h11-13,15-17,26H,5-10,14,18-25H2,1-4H3. The molecule has 1 aliphatic rings. The summed E-state index contributed by atoms with van der Waals surface area (Å²) in [6.07, 6.45) is 12.0. The fourth-order valence-corrected chi connectivity index (χ4v) is 4.78. The number of para-hydroxylation sites is 1. The van der Waals surface area contributed by atoms with Crippen LogP contribution in [0, 0.1) is 5.92 Å². The van der Waals surface area contributed by atoms with E-state index in [0.717, 1.165) is 89.0 Å². The van der Waals surface area contributed by atoms with Crippen molar-refractivity contribution in [2.75, 3.05) is 52.9 Å². The van der Waals surface area contributed by atoms with Crippen molar-refractivity contribution in [2.45, 2.75) is 72.1 Å². The summed E-state index contributed by atoms with van der Waals surface area (Å²) in [5.74, 6) is 1.56. The van der Waals surface area contributed by atoms with Crippen molar-refractivity contribution in [2.24, 2.45) is 5.92 Å². The van der Waals surface area contributed by atoms with E-state index in [1.807, 2.05) is 35.2 Å². The third kappa shape index (κ3) is 9.96. The Bertz CT molecular complexity index is 802. The van der Waals surface area contributed by atoms with Crippen LogP contribution in [0.25, 0.3) is 6.08 Å². The van der Waals surface area contributed by atoms with Gasteiger partial charge in [-0.2, -0.15) is 0 Å². The van der Waals surface area contributed by atoms with E-state index >= 15 is 0 Å². The molecular formula is C30H49N3O3. The second kappa shape index (κ2) is 17.2. The zero-order chi connectivity index (χ0) is 26.2. The van der Waals surface area contributed by atoms with Gasteiger partial charge in [-0.1, -0.05) is 76.8 Å². The summed E-state index contributed by atoms with van der Waals surface area (Å²) in [6, 6.07) is 7.92. The number of amides is 2. The number of nitrogens with zero attached hydrogens (tertiary/aromatic N) is 3. The number of methoxy groups -OCH3 is 1. The molecule has 1 aromatic rings. The summed E-state index contributed by atoms with van der Waals surface area (Å²) < 4.78 is 5.44. The van der Waals surface area contributed by atoms with Crippen molar-refractivity contribution in [3.63, 3.8) is 0 Å². The molecule has 6 nitrogen and oxygen atoms in total. The van der Waals surface area contributed by atoms with E-state index in [2.05, 4.69) is 36.6 Å². The van der Waals surface area contributed by atoms with Crippen LogP contribution >= 0.6 is 0 Å². The van der Waals surface area contributed by atoms with E-state index in [1.165, 1.54) is 0 Å². The van der Waals surface area contributed by atoms with Crippen molar-refractivity contribution >= 4 is 17.9 Å². The quantitative estimate of drug-likeness (QED) is 0.283. The molecule has 1 aliphatic heterocycles. The maximum Gasteiger partial charge on any atom is 0.225 e. The van der Waals surface area contributed by atoms with Crippen LogP contribution in [0.2, 0.25) is 0 Å². The molecule has 0 N–H and O–H groups in total. The molecule has 1 fully saturated rings. The first-order chi connectivity index (χ1) is 17.5. The second-order valence-corrected chi connectivity index (χ2v) is 9.86. The Morgan fingerprint density at radius 2 is 1.75 bits per heavy atom. The zero-order valence-electron chi connectivity index (χ0n) is 23.2. The maximum atomic E-state index is 13.0. The van der Waals surface area contributed by atoms with E-state index in [4.69, 9.17) is 4.74 Å². The average Bonchev–Trinajstić information content (AvgIpc) is 2.91. The van der Waals surface area contributed by atoms with Crippen molar-refractivity contribution in [1.82, 2.24) is 14.7 Å². The number of hydrogen-bond acceptors (Lipinski definition) is 4. The zero-order valence-corrected chi connectivity index (χ0v) is 23.2. The molecule has 0 spiro atoms. The van der Waals surface area contributed by atoms with E-state index in [9.17, 15) is 9.59 Å². The van der Waals surface area contributed by atoms with E-state index < -0.39 is 0 Å². The number of carbonyl (C=O) groups excluding carboxylic acids is 2. The molecule has 1 unspecified atom stereocenters. The second-order valence-electron chi connectivity index (χ2n) is 9.86. The van der Waals surface area contributed by atoms with Gasteiger partial charge >= 0.3 is 0 Å². The summed E-state index contributed by atoms with van der Waals surface area (Å²) in [6.45, 7) is 12.0. The molecule has 2 amide bonds. The van der Waals surface area contributed by atoms with Gasteiger partial charge in [-0.3, -0.25) is 14.5 Å². The van der Waals surface area contributed by atoms with Crippen LogP contribution in [-0.4, -0.2) is 79.4 Å². The lowest BCUT2D eigenvalue weighted by atomic mass is 9.97. The summed E-state index contributed by atoms with van der Waals surface area (Å²) in [4.78, 5) is 32.4. The third-order valence-electron chi connectivity index (χ3n) is 7.23. The SMILES string of the molecule is CCCCCC(=O)N(CC=Cc1ccccc1OC)CCN1CCN(C(=O)C(CC)CCCC)CC1. The minimum atomic E-state index is 0.169. The number of hydrogen-bond donors (Lipinski definition) is 0. The van der Waals surface area contributed by atoms with Crippen molar-refractivity contribution in [3.05, 3.63) is 35.9 Å². The first-order valence-electron chi connectivity index (χ1n) is 14.1. The molecule has 1 atom stereocenters. The Balaban J connectivity index is 1.90. The van der Waals surface area contributed by atoms with Gasteiger partial charge < -0.3 is 14.5 Å². The Hall–Kier alpha value is -2.34. The van der Waals surface area contributed by atoms with Gasteiger partial charge in [0, 0.05) is 63.7 Å². The highest BCUT2D eigenvalue weighted by molar-refractivity contribution is 5.79. The number of carbonyl (C=O) groups is 2. The lowest BCUT2D eigenvalue weighted by Crippen LogP contribution is -2.51. The van der Waals surface area contributed by atoms with Gasteiger partial charge in [-0.05, 0) is 25.3 Å². The molecule has 1 aromatic carbocycles. The molecule has 6 heteroatoms. The number of ether oxygens (including phenoxy) is 1. The molecule has 0 aromatic heterocycles. The smallest absolute Gasteiger partial charge is 0.225 e. The first-order valence-corrected chi connectivity index (χ1v) is 14.1. The monoisotopic (exact) mass is 499 g/mol. The molecule has 1 heterocycles. The molecule has 1 saturated heterocycles. The fraction of sp³-hybridized carbons (Fsp3) is 0.667. The van der Waals surface area contributed by atoms with Crippen LogP contribution in [0.4, 0.5) is 0 Å². The van der Waals surface area contributed by atoms with Crippen LogP contribution in [0.15, 0.2) is 30.3 Å². The van der Waals surface area contributed by atoms with Gasteiger partial charge in [0.25, 0.3) is 0 Å². The van der Waals surface area contributed by atoms with E-state index in [0.29, 0.717) is 25.4 Å². The Labute approximate surface area is 219 Å². The van der Waals surface area contributed by atoms with Gasteiger partial charge in [0.2, 0.25) is 11.8 Å². The molecule has 2 rings (SSSR count). The lowest BCUT2D eigenvalue weighted by molar-refractivity contribution is -0.137. The van der Waals surface area contributed by atoms with Gasteiger partial charge in [-0.15, -0.1) is 0 Å². The minimum absolute atomic E-state index is 0.169. The highest BCUT2D eigenvalue weighted by Gasteiger charge is 2.26. The normalized spacial score (nSPS) is 15.3. The molecule has 36 heavy (non-hydrogen) atoms. The summed E-state index contributed by atoms with van der Waals surface area (Å²) in [7, 11) is 1.68. The van der Waals surface area contributed by atoms with Crippen LogP contribution in [0.1, 0.15) is 77.7 Å². The van der Waals surface area contributed by atoms with Crippen molar-refractivity contribution < 1.29 is 14.3 Å². The number of benzene rings is 1. The van der Waals surface area contributed by atoms with Crippen LogP contribution in [-0.2, 0) is 9.59 Å². The average molecular weight is 500 g/mol. The van der Waals surface area contributed by atoms with Crippen LogP contribution in [0.3, 0.4) is 0 Å². The predicted octanol–water partition coefficient (Wildman–Crippen LogP) is 5.48. The minimum Gasteiger partial charge on any atom is -0.496 e. The third-order valence-corrected chi connectivity index (χ3v) is 7.23. The van der Waals surface area contributed by atoms with E-state index in [-0.39, 0.29) is 11.8 Å². The lowest BCUT2D eigenvalue weighted by Gasteiger charge is -2.37. The van der Waals surface area contributed by atoms with Crippen molar-refractivity contribution in [1.29, 1.82) is 0 Å². The number of rotatable bonds is 16. The highest BCUT2D eigenvalue weighted by atomic mass is 16.5.